The maximum atomic E-state index is 12.2. The average molecular weight is 464 g/mol. The molecule has 2 rings (SSSR count). The lowest BCUT2D eigenvalue weighted by atomic mass is 10.1. The van der Waals surface area contributed by atoms with E-state index in [0.717, 1.165) is 11.0 Å². The number of rotatable bonds is 11. The number of carbonyl (C=O) groups excluding carboxylic acids is 3. The minimum absolute atomic E-state index is 0.118. The van der Waals surface area contributed by atoms with Crippen LogP contribution in [0.4, 0.5) is 5.69 Å². The highest BCUT2D eigenvalue weighted by atomic mass is 32.2. The van der Waals surface area contributed by atoms with Crippen LogP contribution in [0.5, 0.6) is 0 Å². The molecule has 0 bridgehead atoms. The van der Waals surface area contributed by atoms with Gasteiger partial charge in [0.2, 0.25) is 5.91 Å². The van der Waals surface area contributed by atoms with Gasteiger partial charge in [-0.15, -0.1) is 0 Å². The minimum Gasteiger partial charge on any atom is -0.469 e. The van der Waals surface area contributed by atoms with E-state index in [-0.39, 0.29) is 25.0 Å². The Morgan fingerprint density at radius 2 is 1.72 bits per heavy atom. The number of hydrogen-bond donors (Lipinski definition) is 1. The molecule has 11 heteroatoms. The molecule has 0 aliphatic heterocycles. The monoisotopic (exact) mass is 463 g/mol. The first-order chi connectivity index (χ1) is 15.2. The Hall–Kier alpha value is -3.47. The topological polar surface area (TPSA) is 134 Å². The number of benzene rings is 1. The number of anilines is 1. The van der Waals surface area contributed by atoms with Crippen LogP contribution in [0.3, 0.4) is 0 Å². The molecule has 1 heterocycles. The molecule has 2 aromatic rings. The van der Waals surface area contributed by atoms with Crippen molar-refractivity contribution >= 4 is 39.4 Å². The van der Waals surface area contributed by atoms with Crippen LogP contribution in [0, 0.1) is 0 Å². The van der Waals surface area contributed by atoms with Crippen molar-refractivity contribution in [2.24, 2.45) is 0 Å². The molecule has 0 radical (unpaired) electrons. The summed E-state index contributed by atoms with van der Waals surface area (Å²) in [6.45, 7) is 0. The lowest BCUT2D eigenvalue weighted by Gasteiger charge is -2.15. The van der Waals surface area contributed by atoms with Gasteiger partial charge in [-0.25, -0.2) is 8.42 Å². The van der Waals surface area contributed by atoms with Crippen LogP contribution < -0.4 is 5.32 Å². The smallest absolute Gasteiger partial charge is 0.307 e. The molecule has 1 aromatic heterocycles. The molecule has 1 N–H and O–H groups in total. The third-order valence-corrected chi connectivity index (χ3v) is 5.72. The Labute approximate surface area is 186 Å². The van der Waals surface area contributed by atoms with Crippen LogP contribution in [-0.4, -0.2) is 56.0 Å². The summed E-state index contributed by atoms with van der Waals surface area (Å²) in [6, 6.07) is 8.28. The van der Waals surface area contributed by atoms with Gasteiger partial charge in [0, 0.05) is 18.0 Å². The van der Waals surface area contributed by atoms with Gasteiger partial charge in [0.15, 0.2) is 9.84 Å². The van der Waals surface area contributed by atoms with E-state index in [9.17, 15) is 22.8 Å². The number of methoxy groups -OCH3 is 2. The molecule has 10 nitrogen and oxygen atoms in total. The first-order valence-corrected chi connectivity index (χ1v) is 11.4. The van der Waals surface area contributed by atoms with Crippen LogP contribution in [0.25, 0.3) is 6.08 Å². The van der Waals surface area contributed by atoms with Crippen molar-refractivity contribution < 1.29 is 32.3 Å². The molecule has 1 aromatic carbocycles. The fourth-order valence-electron chi connectivity index (χ4n) is 2.69. The van der Waals surface area contributed by atoms with Gasteiger partial charge in [0.1, 0.15) is 0 Å². The van der Waals surface area contributed by atoms with Gasteiger partial charge < -0.3 is 14.8 Å². The summed E-state index contributed by atoms with van der Waals surface area (Å²) >= 11 is 0. The zero-order chi connectivity index (χ0) is 23.6. The van der Waals surface area contributed by atoms with E-state index in [2.05, 4.69) is 19.9 Å². The van der Waals surface area contributed by atoms with Gasteiger partial charge in [-0.2, -0.15) is 5.10 Å². The Kier molecular flexibility index (Phi) is 9.14. The van der Waals surface area contributed by atoms with E-state index >= 15 is 0 Å². The molecule has 0 saturated heterocycles. The number of carbonyl (C=O) groups is 3. The lowest BCUT2D eigenvalue weighted by molar-refractivity contribution is -0.144. The molecule has 172 valence electrons. The van der Waals surface area contributed by atoms with Crippen molar-refractivity contribution in [3.8, 4) is 0 Å². The Morgan fingerprint density at radius 3 is 2.31 bits per heavy atom. The molecule has 0 fully saturated rings. The summed E-state index contributed by atoms with van der Waals surface area (Å²) in [7, 11) is -1.11. The van der Waals surface area contributed by atoms with Gasteiger partial charge in [-0.3, -0.25) is 19.1 Å². The molecule has 0 atom stereocenters. The maximum absolute atomic E-state index is 12.2. The van der Waals surface area contributed by atoms with Gasteiger partial charge in [0.05, 0.1) is 50.7 Å². The highest BCUT2D eigenvalue weighted by Gasteiger charge is 2.22. The third-order valence-electron chi connectivity index (χ3n) is 4.40. The van der Waals surface area contributed by atoms with Crippen LogP contribution in [0.1, 0.15) is 30.9 Å². The van der Waals surface area contributed by atoms with Crippen molar-refractivity contribution in [3.05, 3.63) is 53.7 Å². The number of aromatic nitrogens is 2. The van der Waals surface area contributed by atoms with Gasteiger partial charge in [-0.05, 0) is 11.6 Å². The lowest BCUT2D eigenvalue weighted by Crippen LogP contribution is -2.19. The Bertz CT molecular complexity index is 1040. The molecule has 0 saturated carbocycles. The summed E-state index contributed by atoms with van der Waals surface area (Å²) in [5.41, 5.74) is 1.04. The van der Waals surface area contributed by atoms with E-state index in [1.54, 1.807) is 24.3 Å². The largest absolute Gasteiger partial charge is 0.469 e. The molecule has 0 aliphatic carbocycles. The molecule has 0 spiro atoms. The zero-order valence-corrected chi connectivity index (χ0v) is 18.6. The van der Waals surface area contributed by atoms with Crippen LogP contribution >= 0.6 is 0 Å². The quantitative estimate of drug-likeness (QED) is 0.500. The zero-order valence-electron chi connectivity index (χ0n) is 17.8. The predicted octanol–water partition coefficient (Wildman–Crippen LogP) is 1.96. The van der Waals surface area contributed by atoms with Crippen LogP contribution in [0.2, 0.25) is 0 Å². The van der Waals surface area contributed by atoms with E-state index in [4.69, 9.17) is 0 Å². The first kappa shape index (κ1) is 24.8. The number of amides is 1. The van der Waals surface area contributed by atoms with Crippen molar-refractivity contribution in [3.63, 3.8) is 0 Å². The summed E-state index contributed by atoms with van der Waals surface area (Å²) < 4.78 is 34.9. The third kappa shape index (κ3) is 8.34. The van der Waals surface area contributed by atoms with Crippen molar-refractivity contribution in [2.45, 2.75) is 25.3 Å². The number of nitrogens with one attached hydrogen (secondary N) is 1. The van der Waals surface area contributed by atoms with E-state index < -0.39 is 33.7 Å². The standard InChI is InChI=1S/C21H25N3O7S/c1-30-20(26)12-18(13-21(27)31-2)24-15-17(14-22-24)23-19(25)9-11-32(28,29)10-8-16-6-4-3-5-7-16/h3-8,10,14-15,18H,9,11-13H2,1-2H3,(H,23,25)/b10-8+. The molecular weight excluding hydrogens is 438 g/mol. The van der Waals surface area contributed by atoms with Crippen LogP contribution in [0.15, 0.2) is 48.1 Å². The summed E-state index contributed by atoms with van der Waals surface area (Å²) in [5, 5.41) is 7.71. The summed E-state index contributed by atoms with van der Waals surface area (Å²) in [4.78, 5) is 35.4. The number of nitrogens with zero attached hydrogens (tertiary/aromatic N) is 2. The van der Waals surface area contributed by atoms with Crippen molar-refractivity contribution in [1.29, 1.82) is 0 Å². The van der Waals surface area contributed by atoms with Crippen LogP contribution in [-0.2, 0) is 33.7 Å². The summed E-state index contributed by atoms with van der Waals surface area (Å²) in [5.74, 6) is -1.94. The second-order valence-electron chi connectivity index (χ2n) is 6.80. The highest BCUT2D eigenvalue weighted by Crippen LogP contribution is 2.19. The van der Waals surface area contributed by atoms with Crippen molar-refractivity contribution in [1.82, 2.24) is 9.78 Å². The minimum atomic E-state index is -3.57. The molecule has 0 aliphatic rings. The van der Waals surface area contributed by atoms with E-state index in [0.29, 0.717) is 5.69 Å². The van der Waals surface area contributed by atoms with Crippen molar-refractivity contribution in [2.75, 3.05) is 25.3 Å². The number of ether oxygens (including phenoxy) is 2. The Morgan fingerprint density at radius 1 is 1.09 bits per heavy atom. The number of sulfone groups is 1. The fourth-order valence-corrected chi connectivity index (χ4v) is 3.66. The van der Waals surface area contributed by atoms with Gasteiger partial charge in [0.25, 0.3) is 0 Å². The molecule has 32 heavy (non-hydrogen) atoms. The average Bonchev–Trinajstić information content (AvgIpc) is 3.25. The Balaban J connectivity index is 1.95. The molecule has 1 amide bonds. The second kappa shape index (κ2) is 11.8. The van der Waals surface area contributed by atoms with Gasteiger partial charge in [-0.1, -0.05) is 30.3 Å². The summed E-state index contributed by atoms with van der Waals surface area (Å²) in [6.07, 6.45) is 3.77. The molecular formula is C21H25N3O7S. The van der Waals surface area contributed by atoms with E-state index in [1.165, 1.54) is 37.4 Å². The highest BCUT2D eigenvalue weighted by molar-refractivity contribution is 7.94. The molecule has 0 unspecified atom stereocenters. The number of esters is 2. The fraction of sp³-hybridized carbons (Fsp3) is 0.333. The SMILES string of the molecule is COC(=O)CC(CC(=O)OC)n1cc(NC(=O)CCS(=O)(=O)/C=C/c2ccccc2)cn1. The second-order valence-corrected chi connectivity index (χ2v) is 8.81. The van der Waals surface area contributed by atoms with E-state index in [1.807, 2.05) is 6.07 Å². The predicted molar refractivity (Wildman–Crippen MR) is 117 cm³/mol. The van der Waals surface area contributed by atoms with Gasteiger partial charge >= 0.3 is 11.9 Å². The first-order valence-electron chi connectivity index (χ1n) is 9.66. The number of hydrogen-bond acceptors (Lipinski definition) is 8. The normalized spacial score (nSPS) is 11.5. The maximum Gasteiger partial charge on any atom is 0.307 e.